The van der Waals surface area contributed by atoms with E-state index in [1.54, 1.807) is 0 Å². The van der Waals surface area contributed by atoms with Crippen molar-refractivity contribution in [2.24, 2.45) is 0 Å². The van der Waals surface area contributed by atoms with E-state index in [0.717, 1.165) is 89.9 Å². The highest BCUT2D eigenvalue weighted by molar-refractivity contribution is 5.71. The Morgan fingerprint density at radius 2 is 0.662 bits per heavy atom. The van der Waals surface area contributed by atoms with Crippen molar-refractivity contribution in [3.8, 4) is 0 Å². The van der Waals surface area contributed by atoms with Gasteiger partial charge in [-0.3, -0.25) is 14.4 Å². The lowest BCUT2D eigenvalue weighted by atomic mass is 10.1. The third-order valence-electron chi connectivity index (χ3n) is 11.4. The maximum absolute atomic E-state index is 12.8. The van der Waals surface area contributed by atoms with E-state index in [1.165, 1.54) is 122 Å². The summed E-state index contributed by atoms with van der Waals surface area (Å²) in [5, 5.41) is 0. The first kappa shape index (κ1) is 61.6. The molecule has 0 saturated carbocycles. The van der Waals surface area contributed by atoms with E-state index in [-0.39, 0.29) is 31.1 Å². The third-order valence-corrected chi connectivity index (χ3v) is 11.4. The van der Waals surface area contributed by atoms with Crippen LogP contribution in [0.5, 0.6) is 0 Å². The van der Waals surface area contributed by atoms with Crippen LogP contribution in [0, 0.1) is 0 Å². The molecule has 0 bridgehead atoms. The van der Waals surface area contributed by atoms with Crippen molar-refractivity contribution in [3.05, 3.63) is 85.1 Å². The van der Waals surface area contributed by atoms with Crippen LogP contribution in [0.4, 0.5) is 0 Å². The highest BCUT2D eigenvalue weighted by atomic mass is 16.6. The van der Waals surface area contributed by atoms with Gasteiger partial charge in [0.05, 0.1) is 0 Å². The van der Waals surface area contributed by atoms with E-state index < -0.39 is 6.10 Å². The number of unbranched alkanes of at least 4 members (excludes halogenated alkanes) is 26. The predicted octanol–water partition coefficient (Wildman–Crippen LogP) is 18.0. The lowest BCUT2D eigenvalue weighted by Crippen LogP contribution is -2.30. The molecular formula is C59H100O6. The quantitative estimate of drug-likeness (QED) is 0.0199. The predicted molar refractivity (Wildman–Crippen MR) is 279 cm³/mol. The van der Waals surface area contributed by atoms with Crippen molar-refractivity contribution >= 4 is 17.9 Å². The summed E-state index contributed by atoms with van der Waals surface area (Å²) in [6.45, 7) is 6.43. The molecule has 0 aromatic heterocycles. The van der Waals surface area contributed by atoms with Crippen LogP contribution in [-0.4, -0.2) is 37.2 Å². The number of rotatable bonds is 48. The SMILES string of the molecule is CC\C=C/C=C\C=C/CCCCCCCCCC(=O)OC(COC(=O)CCCCCCCC/C=C\C=C/CCCCC)COC(=O)CCCCCCCCC/C=C\C/C=C\CCCCC. The van der Waals surface area contributed by atoms with Crippen molar-refractivity contribution < 1.29 is 28.6 Å². The Morgan fingerprint density at radius 1 is 0.338 bits per heavy atom. The molecule has 1 atom stereocenters. The van der Waals surface area contributed by atoms with E-state index in [4.69, 9.17) is 14.2 Å². The first-order valence-corrected chi connectivity index (χ1v) is 27.1. The van der Waals surface area contributed by atoms with Crippen LogP contribution in [0.1, 0.15) is 252 Å². The zero-order valence-corrected chi connectivity index (χ0v) is 42.5. The van der Waals surface area contributed by atoms with Crippen LogP contribution in [0.3, 0.4) is 0 Å². The van der Waals surface area contributed by atoms with Gasteiger partial charge in [-0.2, -0.15) is 0 Å². The minimum absolute atomic E-state index is 0.0899. The molecule has 0 heterocycles. The van der Waals surface area contributed by atoms with Gasteiger partial charge in [-0.1, -0.05) is 221 Å². The fourth-order valence-electron chi connectivity index (χ4n) is 7.34. The van der Waals surface area contributed by atoms with Crippen LogP contribution in [0.2, 0.25) is 0 Å². The molecule has 0 spiro atoms. The average Bonchev–Trinajstić information content (AvgIpc) is 3.30. The molecular weight excluding hydrogens is 805 g/mol. The average molecular weight is 905 g/mol. The number of hydrogen-bond donors (Lipinski definition) is 0. The number of carbonyl (C=O) groups is 3. The molecule has 372 valence electrons. The van der Waals surface area contributed by atoms with Crippen molar-refractivity contribution in [2.45, 2.75) is 258 Å². The second-order valence-corrected chi connectivity index (χ2v) is 17.8. The van der Waals surface area contributed by atoms with Crippen LogP contribution < -0.4 is 0 Å². The van der Waals surface area contributed by atoms with Crippen molar-refractivity contribution in [1.29, 1.82) is 0 Å². The fourth-order valence-corrected chi connectivity index (χ4v) is 7.34. The lowest BCUT2D eigenvalue weighted by molar-refractivity contribution is -0.167. The first-order valence-electron chi connectivity index (χ1n) is 27.1. The molecule has 0 amide bonds. The van der Waals surface area contributed by atoms with E-state index in [2.05, 4.69) is 106 Å². The first-order chi connectivity index (χ1) is 32.0. The maximum atomic E-state index is 12.8. The molecule has 0 radical (unpaired) electrons. The zero-order chi connectivity index (χ0) is 47.2. The summed E-state index contributed by atoms with van der Waals surface area (Å²) in [5.74, 6) is -0.919. The molecule has 0 aromatic carbocycles. The van der Waals surface area contributed by atoms with Gasteiger partial charge >= 0.3 is 17.9 Å². The highest BCUT2D eigenvalue weighted by Gasteiger charge is 2.19. The molecule has 0 saturated heterocycles. The third kappa shape index (κ3) is 51.4. The summed E-state index contributed by atoms with van der Waals surface area (Å²) < 4.78 is 16.8. The van der Waals surface area contributed by atoms with E-state index >= 15 is 0 Å². The number of ether oxygens (including phenoxy) is 3. The highest BCUT2D eigenvalue weighted by Crippen LogP contribution is 2.14. The minimum Gasteiger partial charge on any atom is -0.462 e. The van der Waals surface area contributed by atoms with Gasteiger partial charge in [-0.25, -0.2) is 0 Å². The molecule has 0 fully saturated rings. The molecule has 0 aromatic rings. The van der Waals surface area contributed by atoms with Crippen LogP contribution >= 0.6 is 0 Å². The second kappa shape index (κ2) is 53.2. The monoisotopic (exact) mass is 905 g/mol. The molecule has 6 nitrogen and oxygen atoms in total. The fraction of sp³-hybridized carbons (Fsp3) is 0.712. The molecule has 1 unspecified atom stereocenters. The second-order valence-electron chi connectivity index (χ2n) is 17.8. The van der Waals surface area contributed by atoms with E-state index in [0.29, 0.717) is 19.3 Å². The van der Waals surface area contributed by atoms with Gasteiger partial charge in [-0.15, -0.1) is 0 Å². The number of carbonyl (C=O) groups excluding carboxylic acids is 3. The summed E-state index contributed by atoms with van der Waals surface area (Å²) >= 11 is 0. The summed E-state index contributed by atoms with van der Waals surface area (Å²) in [6, 6.07) is 0. The van der Waals surface area contributed by atoms with Crippen molar-refractivity contribution in [2.75, 3.05) is 13.2 Å². The van der Waals surface area contributed by atoms with Crippen LogP contribution in [0.25, 0.3) is 0 Å². The summed E-state index contributed by atoms with van der Waals surface area (Å²) in [5.41, 5.74) is 0. The molecule has 0 N–H and O–H groups in total. The van der Waals surface area contributed by atoms with Crippen LogP contribution in [0.15, 0.2) is 85.1 Å². The zero-order valence-electron chi connectivity index (χ0n) is 42.5. The smallest absolute Gasteiger partial charge is 0.306 e. The lowest BCUT2D eigenvalue weighted by Gasteiger charge is -2.18. The van der Waals surface area contributed by atoms with Gasteiger partial charge < -0.3 is 14.2 Å². The van der Waals surface area contributed by atoms with Gasteiger partial charge in [-0.05, 0) is 96.3 Å². The van der Waals surface area contributed by atoms with Gasteiger partial charge in [0, 0.05) is 19.3 Å². The standard InChI is InChI=1S/C59H100O6/c1-4-7-10-13-16-19-22-25-28-29-32-34-37-40-43-46-49-52-58(61)64-55-56(65-59(62)53-50-47-44-41-38-35-31-27-24-21-18-15-12-9-6-3)54-63-57(60)51-48-45-42-39-36-33-30-26-23-20-17-14-11-8-5-2/h9,12,15-21,23-26,28,56H,4-8,10-11,13-14,22,27,29-55H2,1-3H3/b12-9-,18-15-,19-16-,20-17-,24-21-,26-23-,28-25-. The Morgan fingerprint density at radius 3 is 1.06 bits per heavy atom. The Labute approximate surface area is 401 Å². The topological polar surface area (TPSA) is 78.9 Å². The van der Waals surface area contributed by atoms with Crippen molar-refractivity contribution in [3.63, 3.8) is 0 Å². The van der Waals surface area contributed by atoms with E-state index in [9.17, 15) is 14.4 Å². The summed E-state index contributed by atoms with van der Waals surface area (Å²) in [6.07, 6.45) is 68.4. The Hall–Kier alpha value is -3.41. The molecule has 0 aliphatic heterocycles. The van der Waals surface area contributed by atoms with Gasteiger partial charge in [0.1, 0.15) is 13.2 Å². The minimum atomic E-state index is -0.791. The molecule has 0 rings (SSSR count). The maximum Gasteiger partial charge on any atom is 0.306 e. The normalized spacial score (nSPS) is 12.7. The summed E-state index contributed by atoms with van der Waals surface area (Å²) in [4.78, 5) is 38.1. The molecule has 65 heavy (non-hydrogen) atoms. The summed E-state index contributed by atoms with van der Waals surface area (Å²) in [7, 11) is 0. The van der Waals surface area contributed by atoms with E-state index in [1.807, 2.05) is 0 Å². The van der Waals surface area contributed by atoms with Crippen LogP contribution in [-0.2, 0) is 28.6 Å². The molecule has 0 aliphatic carbocycles. The Kier molecular flexibility index (Phi) is 50.4. The van der Waals surface area contributed by atoms with Gasteiger partial charge in [0.2, 0.25) is 0 Å². The molecule has 6 heteroatoms. The number of esters is 3. The van der Waals surface area contributed by atoms with Gasteiger partial charge in [0.15, 0.2) is 6.10 Å². The molecule has 0 aliphatic rings. The van der Waals surface area contributed by atoms with Crippen molar-refractivity contribution in [1.82, 2.24) is 0 Å². The number of allylic oxidation sites excluding steroid dienone is 14. The Bertz CT molecular complexity index is 1270. The van der Waals surface area contributed by atoms with Gasteiger partial charge in [0.25, 0.3) is 0 Å². The number of hydrogen-bond acceptors (Lipinski definition) is 6. The largest absolute Gasteiger partial charge is 0.462 e. The Balaban J connectivity index is 4.43.